The molecule has 0 saturated carbocycles. The molecule has 0 atom stereocenters. The Balaban J connectivity index is 1.53. The Labute approximate surface area is 222 Å². The lowest BCUT2D eigenvalue weighted by Gasteiger charge is -2.12. The molecule has 0 saturated heterocycles. The van der Waals surface area contributed by atoms with Crippen LogP contribution in [0.25, 0.3) is 10.9 Å². The summed E-state index contributed by atoms with van der Waals surface area (Å²) in [4.78, 5) is 19.1. The molecule has 2 heterocycles. The quantitative estimate of drug-likeness (QED) is 0.169. The fourth-order valence-electron chi connectivity index (χ4n) is 2.96. The Morgan fingerprint density at radius 3 is 2.75 bits per heavy atom. The fraction of sp³-hybridized carbons (Fsp3) is 0.150. The summed E-state index contributed by atoms with van der Waals surface area (Å²) in [5, 5.41) is 16.4. The summed E-state index contributed by atoms with van der Waals surface area (Å²) in [7, 11) is -3.91. The largest absolute Gasteiger partial charge is 0.481 e. The molecule has 0 radical (unpaired) electrons. The maximum absolute atomic E-state index is 13.5. The van der Waals surface area contributed by atoms with Gasteiger partial charge in [-0.1, -0.05) is 34.7 Å². The Bertz CT molecular complexity index is 1610. The summed E-state index contributed by atoms with van der Waals surface area (Å²) in [6, 6.07) is 8.86. The summed E-state index contributed by atoms with van der Waals surface area (Å²) in [5.74, 6) is -1.35. The van der Waals surface area contributed by atoms with Crippen LogP contribution in [-0.4, -0.2) is 45.0 Å². The molecule has 0 aliphatic rings. The Hall–Kier alpha value is -2.85. The molecule has 10 nitrogen and oxygen atoms in total. The summed E-state index contributed by atoms with van der Waals surface area (Å²) >= 11 is 13.4. The lowest BCUT2D eigenvalue weighted by Crippen LogP contribution is -2.20. The zero-order chi connectivity index (χ0) is 25.9. The number of carboxylic acid groups (broad SMARTS) is 1. The van der Waals surface area contributed by atoms with E-state index < -0.39 is 27.7 Å². The van der Waals surface area contributed by atoms with Gasteiger partial charge in [0, 0.05) is 22.5 Å². The second-order valence-electron chi connectivity index (χ2n) is 7.18. The van der Waals surface area contributed by atoms with E-state index in [1.54, 1.807) is 18.2 Å². The number of aliphatic carboxylic acids is 1. The van der Waals surface area contributed by atoms with E-state index in [1.165, 1.54) is 41.0 Å². The highest BCUT2D eigenvalue weighted by Gasteiger charge is 2.16. The van der Waals surface area contributed by atoms with Crippen molar-refractivity contribution in [2.75, 3.05) is 15.8 Å². The summed E-state index contributed by atoms with van der Waals surface area (Å²) in [6.45, 7) is 0. The van der Waals surface area contributed by atoms with Crippen LogP contribution in [0.3, 0.4) is 0 Å². The number of rotatable bonds is 10. The number of aromatic nitrogens is 4. The van der Waals surface area contributed by atoms with E-state index >= 15 is 0 Å². The van der Waals surface area contributed by atoms with Crippen molar-refractivity contribution < 1.29 is 22.7 Å². The van der Waals surface area contributed by atoms with Crippen molar-refractivity contribution in [3.63, 3.8) is 0 Å². The third kappa shape index (κ3) is 6.67. The molecule has 4 rings (SSSR count). The van der Waals surface area contributed by atoms with E-state index in [9.17, 15) is 17.6 Å². The lowest BCUT2D eigenvalue weighted by molar-refractivity contribution is -0.136. The van der Waals surface area contributed by atoms with Crippen molar-refractivity contribution in [1.29, 1.82) is 0 Å². The standard InChI is InChI=1S/C20H16ClFN6O4S4/c21-14-8-11(1-3-15(14)22)25-18-13-7-12(2-4-16(13)23-9-24-18)27-36(31,32)10-28-20(33)35-19(26-28)34-6-5-17(29)30/h1-4,7-9,27H,5-6,10H2,(H,29,30)(H,23,24,25). The van der Waals surface area contributed by atoms with Crippen molar-refractivity contribution in [3.8, 4) is 0 Å². The molecule has 0 fully saturated rings. The number of carbonyl (C=O) groups is 1. The van der Waals surface area contributed by atoms with Crippen LogP contribution in [0, 0.1) is 9.77 Å². The highest BCUT2D eigenvalue weighted by molar-refractivity contribution is 8.01. The zero-order valence-electron chi connectivity index (χ0n) is 18.0. The van der Waals surface area contributed by atoms with Crippen molar-refractivity contribution in [2.45, 2.75) is 16.6 Å². The average Bonchev–Trinajstić information content (AvgIpc) is 3.14. The number of halogens is 2. The van der Waals surface area contributed by atoms with Gasteiger partial charge in [0.1, 0.15) is 18.0 Å². The van der Waals surface area contributed by atoms with Gasteiger partial charge >= 0.3 is 5.97 Å². The van der Waals surface area contributed by atoms with Gasteiger partial charge in [0.25, 0.3) is 10.0 Å². The van der Waals surface area contributed by atoms with Crippen LogP contribution in [0.5, 0.6) is 0 Å². The molecule has 0 spiro atoms. The van der Waals surface area contributed by atoms with E-state index in [0.29, 0.717) is 32.5 Å². The minimum Gasteiger partial charge on any atom is -0.481 e. The molecule has 0 aliphatic carbocycles. The van der Waals surface area contributed by atoms with Gasteiger partial charge in [-0.2, -0.15) is 5.10 Å². The van der Waals surface area contributed by atoms with Gasteiger partial charge in [0.05, 0.1) is 17.0 Å². The topological polar surface area (TPSA) is 139 Å². The summed E-state index contributed by atoms with van der Waals surface area (Å²) in [6.07, 6.45) is 1.29. The first-order valence-corrected chi connectivity index (χ1v) is 14.2. The number of sulfonamides is 1. The smallest absolute Gasteiger partial charge is 0.304 e. The highest BCUT2D eigenvalue weighted by Crippen LogP contribution is 2.28. The average molecular weight is 587 g/mol. The molecule has 2 aromatic heterocycles. The van der Waals surface area contributed by atoms with Crippen molar-refractivity contribution in [1.82, 2.24) is 19.7 Å². The molecule has 4 aromatic rings. The maximum atomic E-state index is 13.5. The molecule has 3 N–H and O–H groups in total. The van der Waals surface area contributed by atoms with Crippen LogP contribution in [0.2, 0.25) is 5.02 Å². The van der Waals surface area contributed by atoms with Crippen LogP contribution < -0.4 is 10.0 Å². The normalized spacial score (nSPS) is 11.5. The second-order valence-corrected chi connectivity index (χ2v) is 12.2. The molecule has 0 amide bonds. The molecule has 0 aliphatic heterocycles. The van der Waals surface area contributed by atoms with E-state index in [0.717, 1.165) is 11.3 Å². The van der Waals surface area contributed by atoms with Crippen LogP contribution in [-0.2, 0) is 20.7 Å². The Kier molecular flexibility index (Phi) is 8.04. The third-order valence-corrected chi connectivity index (χ3v) is 8.38. The molecule has 188 valence electrons. The van der Waals surface area contributed by atoms with Gasteiger partial charge in [-0.15, -0.1) is 0 Å². The first kappa shape index (κ1) is 26.2. The maximum Gasteiger partial charge on any atom is 0.304 e. The molecule has 2 aromatic carbocycles. The zero-order valence-corrected chi connectivity index (χ0v) is 22.0. The highest BCUT2D eigenvalue weighted by atomic mass is 35.5. The van der Waals surface area contributed by atoms with E-state index in [-0.39, 0.29) is 21.1 Å². The SMILES string of the molecule is O=C(O)CCSc1nn(CS(=O)(=O)Nc2ccc3ncnc(Nc4ccc(F)c(Cl)c4)c3c2)c(=S)s1. The van der Waals surface area contributed by atoms with Gasteiger partial charge in [0.15, 0.2) is 14.2 Å². The Morgan fingerprint density at radius 1 is 1.22 bits per heavy atom. The van der Waals surface area contributed by atoms with Crippen LogP contribution >= 0.6 is 46.9 Å². The lowest BCUT2D eigenvalue weighted by atomic mass is 10.2. The summed E-state index contributed by atoms with van der Waals surface area (Å²) < 4.78 is 43.5. The molecule has 16 heteroatoms. The second kappa shape index (κ2) is 11.0. The van der Waals surface area contributed by atoms with Gasteiger partial charge in [0.2, 0.25) is 0 Å². The number of fused-ring (bicyclic) bond motifs is 1. The number of carboxylic acids is 1. The van der Waals surface area contributed by atoms with Crippen molar-refractivity contribution in [2.24, 2.45) is 0 Å². The van der Waals surface area contributed by atoms with Crippen molar-refractivity contribution in [3.05, 3.63) is 57.5 Å². The first-order valence-electron chi connectivity index (χ1n) is 9.99. The molecule has 36 heavy (non-hydrogen) atoms. The van der Waals surface area contributed by atoms with Gasteiger partial charge < -0.3 is 10.4 Å². The third-order valence-electron chi connectivity index (χ3n) is 4.51. The number of hydrogen-bond donors (Lipinski definition) is 3. The minimum absolute atomic E-state index is 0.0480. The summed E-state index contributed by atoms with van der Waals surface area (Å²) in [5.41, 5.74) is 1.30. The van der Waals surface area contributed by atoms with Crippen LogP contribution in [0.4, 0.5) is 21.6 Å². The molecule has 0 bridgehead atoms. The monoisotopic (exact) mass is 586 g/mol. The number of hydrogen-bond acceptors (Lipinski definition) is 10. The number of benzene rings is 2. The van der Waals surface area contributed by atoms with Crippen LogP contribution in [0.15, 0.2) is 47.1 Å². The van der Waals surface area contributed by atoms with Gasteiger partial charge in [-0.25, -0.2) is 27.5 Å². The van der Waals surface area contributed by atoms with Crippen molar-refractivity contribution >= 4 is 91.0 Å². The number of nitrogens with zero attached hydrogens (tertiary/aromatic N) is 4. The fourth-order valence-corrected chi connectivity index (χ4v) is 6.69. The predicted octanol–water partition coefficient (Wildman–Crippen LogP) is 5.12. The van der Waals surface area contributed by atoms with Gasteiger partial charge in [-0.05, 0) is 48.6 Å². The predicted molar refractivity (Wildman–Crippen MR) is 141 cm³/mol. The van der Waals surface area contributed by atoms with E-state index in [2.05, 4.69) is 25.1 Å². The minimum atomic E-state index is -3.91. The van der Waals surface area contributed by atoms with E-state index in [4.69, 9.17) is 28.9 Å². The van der Waals surface area contributed by atoms with Gasteiger partial charge in [-0.3, -0.25) is 9.52 Å². The first-order chi connectivity index (χ1) is 17.1. The molecular formula is C20H16ClFN6O4S4. The number of anilines is 3. The molecule has 0 unspecified atom stereocenters. The Morgan fingerprint density at radius 2 is 2.00 bits per heavy atom. The van der Waals surface area contributed by atoms with Crippen LogP contribution in [0.1, 0.15) is 6.42 Å². The van der Waals surface area contributed by atoms with E-state index in [1.807, 2.05) is 0 Å². The molecular weight excluding hydrogens is 571 g/mol. The number of nitrogens with one attached hydrogen (secondary N) is 2. The number of thioether (sulfide) groups is 1.